The standard InChI is InChI=1S/C34H41N3O3/c38-31(36-18-8-12-23-9-4-6-14-28(23)36)22-35-19-20-37-30-21-25(34(39)40)16-17-26(30)32(24-10-2-1-3-11-24)33(37)27-13-5-7-15-29(27)35/h5,7,13,15-17,21,23-24,28H,1-4,6,8-12,14,18-20,22H2,(H,39,40). The van der Waals surface area contributed by atoms with E-state index < -0.39 is 5.97 Å². The Bertz CT molecular complexity index is 1430. The van der Waals surface area contributed by atoms with E-state index in [-0.39, 0.29) is 5.91 Å². The van der Waals surface area contributed by atoms with Gasteiger partial charge < -0.3 is 19.5 Å². The summed E-state index contributed by atoms with van der Waals surface area (Å²) in [6, 6.07) is 14.7. The van der Waals surface area contributed by atoms with Crippen molar-refractivity contribution < 1.29 is 14.7 Å². The van der Waals surface area contributed by atoms with Crippen molar-refractivity contribution in [2.75, 3.05) is 24.5 Å². The lowest BCUT2D eigenvalue weighted by molar-refractivity contribution is -0.136. The molecule has 6 heteroatoms. The van der Waals surface area contributed by atoms with Crippen LogP contribution in [0.3, 0.4) is 0 Å². The van der Waals surface area contributed by atoms with Crippen molar-refractivity contribution in [1.82, 2.24) is 9.47 Å². The Kier molecular flexibility index (Phi) is 6.81. The van der Waals surface area contributed by atoms with E-state index in [4.69, 9.17) is 0 Å². The molecule has 210 valence electrons. The largest absolute Gasteiger partial charge is 0.478 e. The fourth-order valence-electron chi connectivity index (χ4n) is 8.48. The summed E-state index contributed by atoms with van der Waals surface area (Å²) in [4.78, 5) is 30.4. The van der Waals surface area contributed by atoms with Crippen LogP contribution in [0, 0.1) is 5.92 Å². The zero-order valence-electron chi connectivity index (χ0n) is 23.5. The van der Waals surface area contributed by atoms with Gasteiger partial charge in [-0.3, -0.25) is 4.79 Å². The van der Waals surface area contributed by atoms with Crippen molar-refractivity contribution in [3.63, 3.8) is 0 Å². The van der Waals surface area contributed by atoms with E-state index in [1.165, 1.54) is 80.0 Å². The first-order chi connectivity index (χ1) is 19.6. The summed E-state index contributed by atoms with van der Waals surface area (Å²) >= 11 is 0. The minimum atomic E-state index is -0.888. The van der Waals surface area contributed by atoms with Gasteiger partial charge in [0.05, 0.1) is 17.8 Å². The van der Waals surface area contributed by atoms with E-state index in [1.54, 1.807) is 6.07 Å². The molecule has 40 heavy (non-hydrogen) atoms. The van der Waals surface area contributed by atoms with Crippen LogP contribution in [-0.4, -0.2) is 52.1 Å². The predicted molar refractivity (Wildman–Crippen MR) is 159 cm³/mol. The van der Waals surface area contributed by atoms with Gasteiger partial charge in [-0.1, -0.05) is 56.4 Å². The number of likely N-dealkylation sites (tertiary alicyclic amines) is 1. The molecule has 1 N–H and O–H groups in total. The first-order valence-electron chi connectivity index (χ1n) is 15.6. The Labute approximate surface area is 237 Å². The molecule has 0 spiro atoms. The van der Waals surface area contributed by atoms with E-state index in [1.807, 2.05) is 12.1 Å². The number of carbonyl (C=O) groups excluding carboxylic acids is 1. The van der Waals surface area contributed by atoms with Crippen LogP contribution in [0.5, 0.6) is 0 Å². The topological polar surface area (TPSA) is 65.8 Å². The lowest BCUT2D eigenvalue weighted by Gasteiger charge is -2.44. The van der Waals surface area contributed by atoms with Gasteiger partial charge in [-0.25, -0.2) is 4.79 Å². The number of hydrogen-bond acceptors (Lipinski definition) is 3. The van der Waals surface area contributed by atoms with Crippen molar-refractivity contribution in [1.29, 1.82) is 0 Å². The van der Waals surface area contributed by atoms with Gasteiger partial charge in [-0.2, -0.15) is 0 Å². The number of carbonyl (C=O) groups is 2. The van der Waals surface area contributed by atoms with Gasteiger partial charge in [-0.05, 0) is 74.1 Å². The molecule has 2 unspecified atom stereocenters. The summed E-state index contributed by atoms with van der Waals surface area (Å²) in [5, 5.41) is 11.0. The predicted octanol–water partition coefficient (Wildman–Crippen LogP) is 7.06. The number of carboxylic acid groups (broad SMARTS) is 1. The van der Waals surface area contributed by atoms with E-state index in [0.29, 0.717) is 30.0 Å². The van der Waals surface area contributed by atoms with Crippen LogP contribution in [0.2, 0.25) is 0 Å². The third kappa shape index (κ3) is 4.40. The molecule has 4 aliphatic rings. The van der Waals surface area contributed by atoms with Gasteiger partial charge in [0.2, 0.25) is 5.91 Å². The highest BCUT2D eigenvalue weighted by atomic mass is 16.4. The van der Waals surface area contributed by atoms with Gasteiger partial charge in [-0.15, -0.1) is 0 Å². The second kappa shape index (κ2) is 10.6. The molecular weight excluding hydrogens is 498 g/mol. The minimum Gasteiger partial charge on any atom is -0.478 e. The summed E-state index contributed by atoms with van der Waals surface area (Å²) in [5.74, 6) is 0.529. The maximum Gasteiger partial charge on any atom is 0.335 e. The zero-order chi connectivity index (χ0) is 27.2. The SMILES string of the molecule is O=C(O)c1ccc2c(C3CCCCC3)c3n(c2c1)CCN(CC(=O)N1CCCC2CCCCC21)c1ccccc1-3. The molecular formula is C34H41N3O3. The molecule has 0 bridgehead atoms. The van der Waals surface area contributed by atoms with Gasteiger partial charge in [0.15, 0.2) is 0 Å². The second-order valence-electron chi connectivity index (χ2n) is 12.6. The molecule has 3 fully saturated rings. The molecule has 2 aliphatic carbocycles. The van der Waals surface area contributed by atoms with Crippen molar-refractivity contribution in [3.8, 4) is 11.3 Å². The lowest BCUT2D eigenvalue weighted by Crippen LogP contribution is -2.52. The molecule has 2 aromatic carbocycles. The highest BCUT2D eigenvalue weighted by molar-refractivity contribution is 6.00. The van der Waals surface area contributed by atoms with Crippen LogP contribution in [0.1, 0.15) is 92.5 Å². The Morgan fingerprint density at radius 2 is 1.60 bits per heavy atom. The number of piperidine rings is 1. The van der Waals surface area contributed by atoms with Crippen LogP contribution < -0.4 is 4.90 Å². The number of benzene rings is 2. The Morgan fingerprint density at radius 3 is 2.45 bits per heavy atom. The maximum atomic E-state index is 13.9. The van der Waals surface area contributed by atoms with Crippen molar-refractivity contribution in [2.45, 2.75) is 89.1 Å². The van der Waals surface area contributed by atoms with Crippen molar-refractivity contribution >= 4 is 28.5 Å². The van der Waals surface area contributed by atoms with Crippen LogP contribution in [0.25, 0.3) is 22.2 Å². The second-order valence-corrected chi connectivity index (χ2v) is 12.6. The summed E-state index contributed by atoms with van der Waals surface area (Å²) < 4.78 is 2.37. The van der Waals surface area contributed by atoms with E-state index in [2.05, 4.69) is 38.6 Å². The molecule has 6 nitrogen and oxygen atoms in total. The monoisotopic (exact) mass is 539 g/mol. The summed E-state index contributed by atoms with van der Waals surface area (Å²) in [6.45, 7) is 2.75. The number of rotatable bonds is 4. The summed E-state index contributed by atoms with van der Waals surface area (Å²) in [5.41, 5.74) is 6.27. The van der Waals surface area contributed by atoms with Crippen molar-refractivity contribution in [2.24, 2.45) is 5.92 Å². The molecule has 0 radical (unpaired) electrons. The van der Waals surface area contributed by atoms with Crippen LogP contribution >= 0.6 is 0 Å². The van der Waals surface area contributed by atoms with E-state index >= 15 is 0 Å². The number of fused-ring (bicyclic) bond motifs is 6. The van der Waals surface area contributed by atoms with Crippen LogP contribution in [-0.2, 0) is 11.3 Å². The molecule has 7 rings (SSSR count). The molecule has 3 aromatic rings. The fraction of sp³-hybridized carbons (Fsp3) is 0.529. The maximum absolute atomic E-state index is 13.9. The first-order valence-corrected chi connectivity index (χ1v) is 15.6. The van der Waals surface area contributed by atoms with Gasteiger partial charge >= 0.3 is 5.97 Å². The average Bonchev–Trinajstić information content (AvgIpc) is 3.23. The zero-order valence-corrected chi connectivity index (χ0v) is 23.5. The Hall–Kier alpha value is -3.28. The summed E-state index contributed by atoms with van der Waals surface area (Å²) in [7, 11) is 0. The fourth-order valence-corrected chi connectivity index (χ4v) is 8.48. The number of para-hydroxylation sites is 1. The third-order valence-electron chi connectivity index (χ3n) is 10.3. The van der Waals surface area contributed by atoms with E-state index in [9.17, 15) is 14.7 Å². The average molecular weight is 540 g/mol. The summed E-state index contributed by atoms with van der Waals surface area (Å²) in [6.07, 6.45) is 13.5. The van der Waals surface area contributed by atoms with Crippen LogP contribution in [0.15, 0.2) is 42.5 Å². The van der Waals surface area contributed by atoms with Crippen LogP contribution in [0.4, 0.5) is 5.69 Å². The highest BCUT2D eigenvalue weighted by Gasteiger charge is 2.37. The molecule has 2 aliphatic heterocycles. The molecule has 1 amide bonds. The number of anilines is 1. The van der Waals surface area contributed by atoms with Gasteiger partial charge in [0.25, 0.3) is 0 Å². The number of amides is 1. The van der Waals surface area contributed by atoms with Gasteiger partial charge in [0.1, 0.15) is 0 Å². The number of nitrogens with zero attached hydrogens (tertiary/aromatic N) is 3. The number of hydrogen-bond donors (Lipinski definition) is 1. The van der Waals surface area contributed by atoms with Crippen molar-refractivity contribution in [3.05, 3.63) is 53.6 Å². The Balaban J connectivity index is 1.29. The smallest absolute Gasteiger partial charge is 0.335 e. The number of aromatic nitrogens is 1. The van der Waals surface area contributed by atoms with Gasteiger partial charge in [0, 0.05) is 47.8 Å². The molecule has 3 heterocycles. The lowest BCUT2D eigenvalue weighted by atomic mass is 9.78. The third-order valence-corrected chi connectivity index (χ3v) is 10.3. The Morgan fingerprint density at radius 1 is 0.825 bits per heavy atom. The first kappa shape index (κ1) is 25.7. The normalized spacial score (nSPS) is 23.3. The number of aromatic carboxylic acids is 1. The van der Waals surface area contributed by atoms with E-state index in [0.717, 1.165) is 43.7 Å². The minimum absolute atomic E-state index is 0.267. The molecule has 1 aromatic heterocycles. The quantitative estimate of drug-likeness (QED) is 0.386. The molecule has 2 atom stereocenters. The number of carboxylic acids is 1. The molecule has 2 saturated carbocycles. The molecule has 1 saturated heterocycles. The highest BCUT2D eigenvalue weighted by Crippen LogP contribution is 2.47.